The van der Waals surface area contributed by atoms with Crippen molar-refractivity contribution in [2.75, 3.05) is 0 Å². The minimum Gasteiger partial charge on any atom is -0.300 e. The lowest BCUT2D eigenvalue weighted by Gasteiger charge is -2.02. The molecule has 0 saturated heterocycles. The monoisotopic (exact) mass is 661 g/mol. The van der Waals surface area contributed by atoms with Crippen molar-refractivity contribution < 1.29 is 9.59 Å². The average Bonchev–Trinajstić information content (AvgIpc) is 2.96. The van der Waals surface area contributed by atoms with Crippen molar-refractivity contribution in [3.05, 3.63) is 93.2 Å². The number of rotatable bonds is 24. The molecule has 0 unspecified atom stereocenters. The predicted octanol–water partition coefficient (Wildman–Crippen LogP) is 15.0. The fraction of sp³-hybridized carbons (Fsp3) is 0.609. The summed E-state index contributed by atoms with van der Waals surface area (Å²) in [7, 11) is 0. The predicted molar refractivity (Wildman–Crippen MR) is 217 cm³/mol. The molecule has 0 saturated carbocycles. The Morgan fingerprint density at radius 3 is 0.604 bits per heavy atom. The highest BCUT2D eigenvalue weighted by Crippen LogP contribution is 2.15. The number of carbonyl (C=O) groups excluding carboxylic acids is 2. The molecule has 2 nitrogen and oxygen atoms in total. The van der Waals surface area contributed by atoms with Crippen LogP contribution in [0.1, 0.15) is 186 Å². The quantitative estimate of drug-likeness (QED) is 0.0966. The Balaban J connectivity index is 0. The van der Waals surface area contributed by atoms with Crippen LogP contribution in [-0.2, 0) is 9.59 Å². The first-order chi connectivity index (χ1) is 22.6. The van der Waals surface area contributed by atoms with E-state index in [9.17, 15) is 9.59 Å². The molecular formula is C46H76O2. The molecule has 0 rings (SSSR count). The van der Waals surface area contributed by atoms with Crippen molar-refractivity contribution in [1.82, 2.24) is 0 Å². The van der Waals surface area contributed by atoms with Crippen molar-refractivity contribution in [3.63, 3.8) is 0 Å². The van der Waals surface area contributed by atoms with Crippen molar-refractivity contribution in [2.45, 2.75) is 186 Å². The zero-order valence-electron chi connectivity index (χ0n) is 33.7. The maximum atomic E-state index is 10.9. The lowest BCUT2D eigenvalue weighted by Crippen LogP contribution is -1.87. The summed E-state index contributed by atoms with van der Waals surface area (Å²) in [5, 5.41) is 0. The number of allylic oxidation sites excluding steroid dienone is 16. The summed E-state index contributed by atoms with van der Waals surface area (Å²) in [6.07, 6.45) is 35.4. The fourth-order valence-electron chi connectivity index (χ4n) is 5.02. The minimum absolute atomic E-state index is 0.277. The Kier molecular flexibility index (Phi) is 31.1. The number of hydrogen-bond donors (Lipinski definition) is 0. The summed E-state index contributed by atoms with van der Waals surface area (Å²) >= 11 is 0. The van der Waals surface area contributed by atoms with Crippen LogP contribution in [0.25, 0.3) is 0 Å². The number of ketones is 2. The first-order valence-electron chi connectivity index (χ1n) is 18.8. The molecule has 0 bridgehead atoms. The van der Waals surface area contributed by atoms with Crippen molar-refractivity contribution in [1.29, 1.82) is 0 Å². The lowest BCUT2D eigenvalue weighted by atomic mass is 10.0. The second kappa shape index (κ2) is 31.5. The van der Waals surface area contributed by atoms with Crippen LogP contribution in [0.15, 0.2) is 93.2 Å². The van der Waals surface area contributed by atoms with Gasteiger partial charge in [-0.05, 0) is 173 Å². The summed E-state index contributed by atoms with van der Waals surface area (Å²) in [6, 6.07) is 0. The number of carbonyl (C=O) groups is 2. The molecule has 0 amide bonds. The van der Waals surface area contributed by atoms with Gasteiger partial charge in [0, 0.05) is 12.8 Å². The Morgan fingerprint density at radius 1 is 0.271 bits per heavy atom. The van der Waals surface area contributed by atoms with Crippen molar-refractivity contribution >= 4 is 11.6 Å². The van der Waals surface area contributed by atoms with Crippen LogP contribution >= 0.6 is 0 Å². The van der Waals surface area contributed by atoms with E-state index >= 15 is 0 Å². The van der Waals surface area contributed by atoms with Crippen molar-refractivity contribution in [3.8, 4) is 0 Å². The normalized spacial score (nSPS) is 13.2. The second-order valence-electron chi connectivity index (χ2n) is 14.6. The van der Waals surface area contributed by atoms with Gasteiger partial charge < -0.3 is 9.59 Å². The minimum atomic E-state index is 0.277. The summed E-state index contributed by atoms with van der Waals surface area (Å²) in [5.41, 5.74) is 11.6. The van der Waals surface area contributed by atoms with Gasteiger partial charge in [-0.1, -0.05) is 93.2 Å². The summed E-state index contributed by atoms with van der Waals surface area (Å²) in [6.45, 7) is 25.3. The van der Waals surface area contributed by atoms with Crippen LogP contribution in [-0.4, -0.2) is 11.6 Å². The summed E-state index contributed by atoms with van der Waals surface area (Å²) in [5.74, 6) is 0.554. The number of Topliss-reactive ketones (excluding diaryl/α,β-unsaturated/α-hetero) is 2. The van der Waals surface area contributed by atoms with Gasteiger partial charge in [-0.15, -0.1) is 0 Å². The third-order valence-electron chi connectivity index (χ3n) is 8.29. The van der Waals surface area contributed by atoms with Gasteiger partial charge in [-0.25, -0.2) is 0 Å². The van der Waals surface area contributed by atoms with Crippen LogP contribution in [0.2, 0.25) is 0 Å². The Hall–Kier alpha value is -2.74. The van der Waals surface area contributed by atoms with E-state index in [0.29, 0.717) is 12.8 Å². The molecule has 0 fully saturated rings. The van der Waals surface area contributed by atoms with E-state index in [1.807, 2.05) is 0 Å². The van der Waals surface area contributed by atoms with E-state index < -0.39 is 0 Å². The van der Waals surface area contributed by atoms with Crippen LogP contribution in [0.5, 0.6) is 0 Å². The molecule has 0 N–H and O–H groups in total. The Bertz CT molecular complexity index is 1060. The maximum Gasteiger partial charge on any atom is 0.130 e. The molecule has 0 spiro atoms. The largest absolute Gasteiger partial charge is 0.300 e. The molecule has 0 heterocycles. The van der Waals surface area contributed by atoms with E-state index in [1.54, 1.807) is 13.8 Å². The highest BCUT2D eigenvalue weighted by molar-refractivity contribution is 5.75. The third-order valence-corrected chi connectivity index (χ3v) is 8.29. The van der Waals surface area contributed by atoms with Gasteiger partial charge in [0.2, 0.25) is 0 Å². The van der Waals surface area contributed by atoms with Gasteiger partial charge in [0.05, 0.1) is 0 Å². The molecule has 0 aromatic heterocycles. The highest BCUT2D eigenvalue weighted by atomic mass is 16.1. The molecule has 2 heteroatoms. The third kappa shape index (κ3) is 37.7. The first-order valence-corrected chi connectivity index (χ1v) is 18.8. The zero-order chi connectivity index (χ0) is 36.7. The fourth-order valence-corrected chi connectivity index (χ4v) is 5.02. The molecule has 272 valence electrons. The van der Waals surface area contributed by atoms with Gasteiger partial charge in [0.1, 0.15) is 11.6 Å². The molecule has 48 heavy (non-hydrogen) atoms. The second-order valence-corrected chi connectivity index (χ2v) is 14.6. The van der Waals surface area contributed by atoms with E-state index in [4.69, 9.17) is 0 Å². The van der Waals surface area contributed by atoms with Gasteiger partial charge in [0.15, 0.2) is 0 Å². The van der Waals surface area contributed by atoms with Crippen molar-refractivity contribution in [2.24, 2.45) is 0 Å². The van der Waals surface area contributed by atoms with Gasteiger partial charge in [-0.3, -0.25) is 0 Å². The summed E-state index contributed by atoms with van der Waals surface area (Å²) in [4.78, 5) is 21.8. The molecular weight excluding hydrogens is 585 g/mol. The SMILES string of the molecule is CC(=O)CCC=C(C)CCC=C(C)CCC=C(C)CCC=C(C)C.CC(=O)CCC=C(C)CCC=C(C)CCC=C(C)CCC=C(C)C. The molecule has 0 aliphatic heterocycles. The smallest absolute Gasteiger partial charge is 0.130 e. The Labute approximate surface area is 299 Å². The molecule has 0 aromatic rings. The van der Waals surface area contributed by atoms with Gasteiger partial charge in [-0.2, -0.15) is 0 Å². The highest BCUT2D eigenvalue weighted by Gasteiger charge is 1.97. The van der Waals surface area contributed by atoms with E-state index in [-0.39, 0.29) is 11.6 Å². The van der Waals surface area contributed by atoms with Gasteiger partial charge in [0.25, 0.3) is 0 Å². The number of hydrogen-bond acceptors (Lipinski definition) is 2. The first kappa shape index (κ1) is 47.4. The van der Waals surface area contributed by atoms with Crippen LogP contribution in [0.4, 0.5) is 0 Å². The topological polar surface area (TPSA) is 34.1 Å². The molecule has 0 aliphatic carbocycles. The zero-order valence-corrected chi connectivity index (χ0v) is 33.7. The maximum absolute atomic E-state index is 10.9. The van der Waals surface area contributed by atoms with Crippen LogP contribution in [0, 0.1) is 0 Å². The van der Waals surface area contributed by atoms with E-state index in [0.717, 1.165) is 77.0 Å². The molecule has 0 aliphatic rings. The standard InChI is InChI=1S/2C23H38O/c2*1-19(2)11-7-12-20(3)13-8-14-21(4)15-9-16-22(5)17-10-18-23(6)24/h2*11,13,15,17H,7-10,12,14,16,18H2,1-6H3. The summed E-state index contributed by atoms with van der Waals surface area (Å²) < 4.78 is 0. The van der Waals surface area contributed by atoms with E-state index in [2.05, 4.69) is 118 Å². The molecule has 0 aromatic carbocycles. The van der Waals surface area contributed by atoms with Crippen LogP contribution < -0.4 is 0 Å². The Morgan fingerprint density at radius 2 is 0.438 bits per heavy atom. The average molecular weight is 661 g/mol. The lowest BCUT2D eigenvalue weighted by molar-refractivity contribution is -0.117. The van der Waals surface area contributed by atoms with Crippen LogP contribution in [0.3, 0.4) is 0 Å². The molecule has 0 atom stereocenters. The molecule has 0 radical (unpaired) electrons. The van der Waals surface area contributed by atoms with Gasteiger partial charge >= 0.3 is 0 Å². The van der Waals surface area contributed by atoms with E-state index in [1.165, 1.54) is 57.4 Å².